The molecule has 1 aliphatic heterocycles. The highest BCUT2D eigenvalue weighted by atomic mass is 16.5. The van der Waals surface area contributed by atoms with Crippen molar-refractivity contribution in [3.05, 3.63) is 41.8 Å². The lowest BCUT2D eigenvalue weighted by Gasteiger charge is -2.40. The van der Waals surface area contributed by atoms with E-state index in [0.29, 0.717) is 37.5 Å². The minimum absolute atomic E-state index is 0.0850. The predicted octanol–water partition coefficient (Wildman–Crippen LogP) is 5.08. The molecular weight excluding hydrogens is 458 g/mol. The van der Waals surface area contributed by atoms with Crippen molar-refractivity contribution in [2.45, 2.75) is 77.6 Å². The molecule has 0 N–H and O–H groups in total. The molecule has 3 aromatic rings. The topological polar surface area (TPSA) is 107 Å². The van der Waals surface area contributed by atoms with Gasteiger partial charge in [0.1, 0.15) is 0 Å². The van der Waals surface area contributed by atoms with E-state index in [1.807, 2.05) is 36.1 Å². The maximum absolute atomic E-state index is 13.5. The number of anilines is 1. The number of rotatable bonds is 10. The standard InChI is InChI=1S/C27H35N5O4/c1-26(2,3)24-28-21(35-31-24)11-6-5-7-14-32(25(33)27(4)16-34-17-27)20-10-8-9-19(15-20)23-29-22(30-36-23)18-12-13-18/h8-10,15,18H,5-7,11-14,16-17H2,1-4H3. The average Bonchev–Trinajstić information content (AvgIpc) is 3.35. The number of nitrogens with zero attached hydrogens (tertiary/aromatic N) is 5. The molecule has 9 heteroatoms. The number of carbonyl (C=O) groups is 1. The Balaban J connectivity index is 1.24. The van der Waals surface area contributed by atoms with Crippen LogP contribution in [-0.4, -0.2) is 45.9 Å². The van der Waals surface area contributed by atoms with E-state index in [1.165, 1.54) is 0 Å². The summed E-state index contributed by atoms with van der Waals surface area (Å²) in [6.07, 6.45) is 5.69. The molecule has 1 saturated carbocycles. The van der Waals surface area contributed by atoms with Crippen molar-refractivity contribution >= 4 is 11.6 Å². The number of amides is 1. The minimum Gasteiger partial charge on any atom is -0.379 e. The number of aryl methyl sites for hydroxylation is 1. The fourth-order valence-electron chi connectivity index (χ4n) is 4.26. The Morgan fingerprint density at radius 2 is 1.89 bits per heavy atom. The van der Waals surface area contributed by atoms with E-state index in [4.69, 9.17) is 13.8 Å². The van der Waals surface area contributed by atoms with Gasteiger partial charge in [-0.05, 0) is 50.8 Å². The van der Waals surface area contributed by atoms with Gasteiger partial charge in [-0.1, -0.05) is 43.6 Å². The molecule has 0 bridgehead atoms. The van der Waals surface area contributed by atoms with Crippen LogP contribution in [0.1, 0.15) is 83.3 Å². The second-order valence-electron chi connectivity index (χ2n) is 11.4. The summed E-state index contributed by atoms with van der Waals surface area (Å²) in [5.74, 6) is 3.19. The molecule has 192 valence electrons. The number of ether oxygens (including phenoxy) is 1. The maximum Gasteiger partial charge on any atom is 0.258 e. The molecule has 36 heavy (non-hydrogen) atoms. The number of carbonyl (C=O) groups excluding carboxylic acids is 1. The molecule has 1 amide bonds. The zero-order chi connectivity index (χ0) is 25.3. The Morgan fingerprint density at radius 1 is 1.08 bits per heavy atom. The third-order valence-corrected chi connectivity index (χ3v) is 6.80. The van der Waals surface area contributed by atoms with Crippen LogP contribution in [0.2, 0.25) is 0 Å². The summed E-state index contributed by atoms with van der Waals surface area (Å²) in [6.45, 7) is 9.69. The Bertz CT molecular complexity index is 1200. The van der Waals surface area contributed by atoms with Crippen molar-refractivity contribution in [3.63, 3.8) is 0 Å². The summed E-state index contributed by atoms with van der Waals surface area (Å²) >= 11 is 0. The van der Waals surface area contributed by atoms with Crippen molar-refractivity contribution in [1.82, 2.24) is 20.3 Å². The predicted molar refractivity (Wildman–Crippen MR) is 134 cm³/mol. The fraction of sp³-hybridized carbons (Fsp3) is 0.593. The van der Waals surface area contributed by atoms with Crippen LogP contribution in [-0.2, 0) is 21.4 Å². The summed E-state index contributed by atoms with van der Waals surface area (Å²) in [7, 11) is 0. The molecule has 2 fully saturated rings. The van der Waals surface area contributed by atoms with Crippen molar-refractivity contribution < 1.29 is 18.6 Å². The van der Waals surface area contributed by atoms with Gasteiger partial charge in [-0.15, -0.1) is 0 Å². The Labute approximate surface area is 211 Å². The lowest BCUT2D eigenvalue weighted by Crippen LogP contribution is -2.53. The number of benzene rings is 1. The largest absolute Gasteiger partial charge is 0.379 e. The second kappa shape index (κ2) is 9.76. The van der Waals surface area contributed by atoms with Crippen molar-refractivity contribution in [3.8, 4) is 11.5 Å². The van der Waals surface area contributed by atoms with Gasteiger partial charge in [0.05, 0.1) is 18.6 Å². The van der Waals surface area contributed by atoms with Gasteiger partial charge in [-0.3, -0.25) is 4.79 Å². The molecule has 1 saturated heterocycles. The molecule has 9 nitrogen and oxygen atoms in total. The van der Waals surface area contributed by atoms with E-state index in [2.05, 4.69) is 41.1 Å². The third kappa shape index (κ3) is 5.36. The summed E-state index contributed by atoms with van der Waals surface area (Å²) in [5, 5.41) is 8.24. The molecule has 1 aliphatic carbocycles. The zero-order valence-corrected chi connectivity index (χ0v) is 21.6. The van der Waals surface area contributed by atoms with Crippen molar-refractivity contribution in [2.75, 3.05) is 24.7 Å². The molecule has 1 aromatic carbocycles. The first-order chi connectivity index (χ1) is 17.2. The summed E-state index contributed by atoms with van der Waals surface area (Å²) < 4.78 is 16.3. The van der Waals surface area contributed by atoms with Crippen LogP contribution in [0.5, 0.6) is 0 Å². The lowest BCUT2D eigenvalue weighted by molar-refractivity contribution is -0.154. The number of hydrogen-bond acceptors (Lipinski definition) is 8. The van der Waals surface area contributed by atoms with Crippen LogP contribution in [0.15, 0.2) is 33.3 Å². The van der Waals surface area contributed by atoms with Gasteiger partial charge < -0.3 is 18.7 Å². The van der Waals surface area contributed by atoms with Gasteiger partial charge in [0.2, 0.25) is 11.8 Å². The molecule has 2 aliphatic rings. The second-order valence-corrected chi connectivity index (χ2v) is 11.4. The molecule has 0 unspecified atom stereocenters. The van der Waals surface area contributed by atoms with Crippen LogP contribution in [0.4, 0.5) is 5.69 Å². The van der Waals surface area contributed by atoms with Crippen LogP contribution in [0, 0.1) is 5.41 Å². The molecule has 2 aromatic heterocycles. The average molecular weight is 494 g/mol. The molecule has 0 radical (unpaired) electrons. The van der Waals surface area contributed by atoms with E-state index in [0.717, 1.165) is 61.4 Å². The van der Waals surface area contributed by atoms with E-state index in [9.17, 15) is 4.79 Å². The fourth-order valence-corrected chi connectivity index (χ4v) is 4.26. The lowest BCUT2D eigenvalue weighted by atomic mass is 9.86. The number of aromatic nitrogens is 4. The van der Waals surface area contributed by atoms with Crippen LogP contribution in [0.25, 0.3) is 11.5 Å². The number of hydrogen-bond donors (Lipinski definition) is 0. The van der Waals surface area contributed by atoms with Crippen molar-refractivity contribution in [2.24, 2.45) is 5.41 Å². The molecule has 5 rings (SSSR count). The Hall–Kier alpha value is -3.07. The van der Waals surface area contributed by atoms with Gasteiger partial charge in [-0.25, -0.2) is 0 Å². The molecular formula is C27H35N5O4. The van der Waals surface area contributed by atoms with E-state index >= 15 is 0 Å². The SMILES string of the molecule is CC1(C(=O)N(CCCCCc2nc(C(C)(C)C)no2)c2cccc(-c3nc(C4CC4)no3)c2)COC1. The highest BCUT2D eigenvalue weighted by Gasteiger charge is 2.44. The van der Waals surface area contributed by atoms with Gasteiger partial charge >= 0.3 is 0 Å². The smallest absolute Gasteiger partial charge is 0.258 e. The normalized spacial score (nSPS) is 17.1. The molecule has 0 atom stereocenters. The molecule has 3 heterocycles. The van der Waals surface area contributed by atoms with Gasteiger partial charge in [-0.2, -0.15) is 9.97 Å². The highest BCUT2D eigenvalue weighted by molar-refractivity contribution is 5.98. The Morgan fingerprint density at radius 3 is 2.56 bits per heavy atom. The van der Waals surface area contributed by atoms with Crippen molar-refractivity contribution in [1.29, 1.82) is 0 Å². The van der Waals surface area contributed by atoms with E-state index in [1.54, 1.807) is 0 Å². The first-order valence-electron chi connectivity index (χ1n) is 12.9. The monoisotopic (exact) mass is 493 g/mol. The third-order valence-electron chi connectivity index (χ3n) is 6.80. The zero-order valence-electron chi connectivity index (χ0n) is 21.6. The number of unbranched alkanes of at least 4 members (excludes halogenated alkanes) is 2. The Kier molecular flexibility index (Phi) is 6.68. The van der Waals surface area contributed by atoms with Crippen LogP contribution in [0.3, 0.4) is 0 Å². The quantitative estimate of drug-likeness (QED) is 0.360. The maximum atomic E-state index is 13.5. The first-order valence-corrected chi connectivity index (χ1v) is 12.9. The first kappa shape index (κ1) is 24.6. The van der Waals surface area contributed by atoms with E-state index in [-0.39, 0.29) is 11.3 Å². The van der Waals surface area contributed by atoms with Gasteiger partial charge in [0.25, 0.3) is 5.89 Å². The van der Waals surface area contributed by atoms with Crippen LogP contribution < -0.4 is 4.90 Å². The van der Waals surface area contributed by atoms with Gasteiger partial charge in [0.15, 0.2) is 11.6 Å². The summed E-state index contributed by atoms with van der Waals surface area (Å²) in [6, 6.07) is 7.82. The summed E-state index contributed by atoms with van der Waals surface area (Å²) in [4.78, 5) is 24.5. The minimum atomic E-state index is -0.493. The summed E-state index contributed by atoms with van der Waals surface area (Å²) in [5.41, 5.74) is 1.04. The molecule has 0 spiro atoms. The van der Waals surface area contributed by atoms with Gasteiger partial charge in [0, 0.05) is 35.5 Å². The van der Waals surface area contributed by atoms with E-state index < -0.39 is 5.41 Å². The highest BCUT2D eigenvalue weighted by Crippen LogP contribution is 2.39. The van der Waals surface area contributed by atoms with Crippen LogP contribution >= 0.6 is 0 Å².